The van der Waals surface area contributed by atoms with Crippen molar-refractivity contribution >= 4 is 23.5 Å². The number of esters is 1. The summed E-state index contributed by atoms with van der Waals surface area (Å²) in [6.07, 6.45) is 1.97. The summed E-state index contributed by atoms with van der Waals surface area (Å²) in [5.74, 6) is -0.377. The predicted molar refractivity (Wildman–Crippen MR) is 76.5 cm³/mol. The fraction of sp³-hybridized carbons (Fsp3) is 0.467. The van der Waals surface area contributed by atoms with E-state index in [1.165, 1.54) is 7.11 Å². The summed E-state index contributed by atoms with van der Waals surface area (Å²) in [4.78, 5) is 25.6. The minimum absolute atomic E-state index is 0.0425. The first-order chi connectivity index (χ1) is 9.60. The summed E-state index contributed by atoms with van der Waals surface area (Å²) in [7, 11) is 1.39. The van der Waals surface area contributed by atoms with E-state index in [9.17, 15) is 9.59 Å². The van der Waals surface area contributed by atoms with Gasteiger partial charge in [-0.15, -0.1) is 0 Å². The van der Waals surface area contributed by atoms with Crippen LogP contribution in [0.1, 0.15) is 18.4 Å². The maximum atomic E-state index is 12.2. The number of carbonyl (C=O) groups is 2. The van der Waals surface area contributed by atoms with Crippen LogP contribution in [0.4, 0.5) is 0 Å². The molecule has 20 heavy (non-hydrogen) atoms. The number of likely N-dealkylation sites (tertiary alicyclic amines) is 1. The van der Waals surface area contributed by atoms with Crippen LogP contribution in [-0.2, 0) is 20.7 Å². The molecule has 1 unspecified atom stereocenters. The number of piperidine rings is 1. The van der Waals surface area contributed by atoms with Crippen LogP contribution in [0.2, 0.25) is 5.02 Å². The molecule has 0 saturated carbocycles. The lowest BCUT2D eigenvalue weighted by molar-refractivity contribution is -0.148. The zero-order chi connectivity index (χ0) is 14.5. The molecule has 1 aromatic rings. The third-order valence-corrected chi connectivity index (χ3v) is 3.83. The maximum Gasteiger partial charge on any atom is 0.310 e. The first-order valence-electron chi connectivity index (χ1n) is 6.70. The van der Waals surface area contributed by atoms with E-state index in [1.54, 1.807) is 17.0 Å². The Balaban J connectivity index is 1.95. The minimum Gasteiger partial charge on any atom is -0.469 e. The van der Waals surface area contributed by atoms with Crippen molar-refractivity contribution in [3.8, 4) is 0 Å². The topological polar surface area (TPSA) is 46.6 Å². The Morgan fingerprint density at radius 2 is 2.05 bits per heavy atom. The minimum atomic E-state index is -0.228. The quantitative estimate of drug-likeness (QED) is 0.804. The zero-order valence-electron chi connectivity index (χ0n) is 11.5. The molecule has 1 saturated heterocycles. The molecular formula is C15H18ClNO3. The molecule has 1 aliphatic heterocycles. The largest absolute Gasteiger partial charge is 0.469 e. The number of carbonyl (C=O) groups excluding carboxylic acids is 2. The average Bonchev–Trinajstić information content (AvgIpc) is 2.49. The standard InChI is InChI=1S/C15H18ClNO3/c1-20-15(19)12-3-2-8-17(10-12)14(18)9-11-4-6-13(16)7-5-11/h4-7,12H,2-3,8-10H2,1H3. The van der Waals surface area contributed by atoms with E-state index in [4.69, 9.17) is 16.3 Å². The lowest BCUT2D eigenvalue weighted by Crippen LogP contribution is -2.43. The SMILES string of the molecule is COC(=O)C1CCCN(C(=O)Cc2ccc(Cl)cc2)C1. The molecular weight excluding hydrogens is 278 g/mol. The van der Waals surface area contributed by atoms with E-state index >= 15 is 0 Å². The molecule has 5 heteroatoms. The first kappa shape index (κ1) is 14.9. The van der Waals surface area contributed by atoms with Gasteiger partial charge in [-0.2, -0.15) is 0 Å². The van der Waals surface area contributed by atoms with Gasteiger partial charge in [0.05, 0.1) is 19.4 Å². The lowest BCUT2D eigenvalue weighted by Gasteiger charge is -2.31. The molecule has 1 fully saturated rings. The van der Waals surface area contributed by atoms with Crippen molar-refractivity contribution in [2.24, 2.45) is 5.92 Å². The molecule has 0 spiro atoms. The van der Waals surface area contributed by atoms with Crippen molar-refractivity contribution in [3.05, 3.63) is 34.9 Å². The first-order valence-corrected chi connectivity index (χ1v) is 7.08. The lowest BCUT2D eigenvalue weighted by atomic mass is 9.97. The van der Waals surface area contributed by atoms with Crippen molar-refractivity contribution in [3.63, 3.8) is 0 Å². The number of halogens is 1. The Morgan fingerprint density at radius 3 is 2.70 bits per heavy atom. The Kier molecular flexibility index (Phi) is 5.01. The average molecular weight is 296 g/mol. The second-order valence-electron chi connectivity index (χ2n) is 5.01. The van der Waals surface area contributed by atoms with Gasteiger partial charge in [0.2, 0.25) is 5.91 Å². The van der Waals surface area contributed by atoms with E-state index in [0.29, 0.717) is 24.5 Å². The smallest absolute Gasteiger partial charge is 0.310 e. The number of hydrogen-bond acceptors (Lipinski definition) is 3. The molecule has 2 rings (SSSR count). The van der Waals surface area contributed by atoms with E-state index in [-0.39, 0.29) is 17.8 Å². The van der Waals surface area contributed by atoms with Gasteiger partial charge in [0.25, 0.3) is 0 Å². The number of hydrogen-bond donors (Lipinski definition) is 0. The van der Waals surface area contributed by atoms with Crippen molar-refractivity contribution in [1.29, 1.82) is 0 Å². The van der Waals surface area contributed by atoms with Gasteiger partial charge < -0.3 is 9.64 Å². The predicted octanol–water partition coefficient (Wildman–Crippen LogP) is 2.29. The zero-order valence-corrected chi connectivity index (χ0v) is 12.2. The highest BCUT2D eigenvalue weighted by atomic mass is 35.5. The highest BCUT2D eigenvalue weighted by molar-refractivity contribution is 6.30. The molecule has 1 aliphatic rings. The van der Waals surface area contributed by atoms with Crippen LogP contribution < -0.4 is 0 Å². The van der Waals surface area contributed by atoms with Gasteiger partial charge in [0.15, 0.2) is 0 Å². The fourth-order valence-electron chi connectivity index (χ4n) is 2.45. The van der Waals surface area contributed by atoms with E-state index in [2.05, 4.69) is 0 Å². The summed E-state index contributed by atoms with van der Waals surface area (Å²) in [5.41, 5.74) is 0.930. The summed E-state index contributed by atoms with van der Waals surface area (Å²) in [6.45, 7) is 1.17. The second-order valence-corrected chi connectivity index (χ2v) is 5.44. The summed E-state index contributed by atoms with van der Waals surface area (Å²) in [5, 5.41) is 0.657. The molecule has 0 radical (unpaired) electrons. The molecule has 1 amide bonds. The number of methoxy groups -OCH3 is 1. The van der Waals surface area contributed by atoms with Crippen LogP contribution in [0.15, 0.2) is 24.3 Å². The Labute approximate surface area is 123 Å². The van der Waals surface area contributed by atoms with E-state index < -0.39 is 0 Å². The van der Waals surface area contributed by atoms with Gasteiger partial charge in [-0.25, -0.2) is 0 Å². The number of nitrogens with zero attached hydrogens (tertiary/aromatic N) is 1. The number of rotatable bonds is 3. The highest BCUT2D eigenvalue weighted by Crippen LogP contribution is 2.19. The third-order valence-electron chi connectivity index (χ3n) is 3.58. The Hall–Kier alpha value is -1.55. The van der Waals surface area contributed by atoms with Gasteiger partial charge >= 0.3 is 5.97 Å². The number of ether oxygens (including phenoxy) is 1. The fourth-order valence-corrected chi connectivity index (χ4v) is 2.58. The van der Waals surface area contributed by atoms with Crippen LogP contribution >= 0.6 is 11.6 Å². The monoisotopic (exact) mass is 295 g/mol. The second kappa shape index (κ2) is 6.75. The normalized spacial score (nSPS) is 18.7. The molecule has 0 N–H and O–H groups in total. The molecule has 4 nitrogen and oxygen atoms in total. The molecule has 1 aromatic carbocycles. The Bertz CT molecular complexity index is 486. The van der Waals surface area contributed by atoms with Crippen molar-refractivity contribution in [2.75, 3.05) is 20.2 Å². The number of amides is 1. The summed E-state index contributed by atoms with van der Waals surface area (Å²) >= 11 is 5.82. The van der Waals surface area contributed by atoms with Crippen LogP contribution in [0.25, 0.3) is 0 Å². The van der Waals surface area contributed by atoms with Gasteiger partial charge in [0, 0.05) is 18.1 Å². The summed E-state index contributed by atoms with van der Waals surface area (Å²) in [6, 6.07) is 7.25. The van der Waals surface area contributed by atoms with Crippen LogP contribution in [0.5, 0.6) is 0 Å². The van der Waals surface area contributed by atoms with Crippen molar-refractivity contribution in [2.45, 2.75) is 19.3 Å². The van der Waals surface area contributed by atoms with Crippen molar-refractivity contribution < 1.29 is 14.3 Å². The molecule has 1 atom stereocenters. The summed E-state index contributed by atoms with van der Waals surface area (Å²) < 4.78 is 4.76. The molecule has 0 bridgehead atoms. The Morgan fingerprint density at radius 1 is 1.35 bits per heavy atom. The van der Waals surface area contributed by atoms with Gasteiger partial charge in [-0.05, 0) is 30.5 Å². The maximum absolute atomic E-state index is 12.2. The third kappa shape index (κ3) is 3.73. The highest BCUT2D eigenvalue weighted by Gasteiger charge is 2.28. The molecule has 1 heterocycles. The van der Waals surface area contributed by atoms with Crippen LogP contribution in [0, 0.1) is 5.92 Å². The van der Waals surface area contributed by atoms with Crippen LogP contribution in [-0.4, -0.2) is 37.0 Å². The molecule has 108 valence electrons. The van der Waals surface area contributed by atoms with Crippen molar-refractivity contribution in [1.82, 2.24) is 4.90 Å². The van der Waals surface area contributed by atoms with Crippen LogP contribution in [0.3, 0.4) is 0 Å². The molecule has 0 aliphatic carbocycles. The molecule has 0 aromatic heterocycles. The van der Waals surface area contributed by atoms with Gasteiger partial charge in [-0.1, -0.05) is 23.7 Å². The van der Waals surface area contributed by atoms with E-state index in [0.717, 1.165) is 18.4 Å². The van der Waals surface area contributed by atoms with Gasteiger partial charge in [-0.3, -0.25) is 9.59 Å². The van der Waals surface area contributed by atoms with E-state index in [1.807, 2.05) is 12.1 Å². The van der Waals surface area contributed by atoms with Gasteiger partial charge in [0.1, 0.15) is 0 Å². The number of benzene rings is 1.